The number of carboxylic acid groups (broad SMARTS) is 1. The summed E-state index contributed by atoms with van der Waals surface area (Å²) in [6.45, 7) is 2.85. The van der Waals surface area contributed by atoms with E-state index in [2.05, 4.69) is 27.9 Å². The zero-order valence-corrected chi connectivity index (χ0v) is 13.2. The second kappa shape index (κ2) is 6.10. The Morgan fingerprint density at radius 3 is 2.85 bits per heavy atom. The number of hydrogen-bond acceptors (Lipinski definition) is 3. The molecule has 6 heteroatoms. The Morgan fingerprint density at radius 2 is 2.30 bits per heavy atom. The van der Waals surface area contributed by atoms with E-state index in [9.17, 15) is 9.18 Å². The van der Waals surface area contributed by atoms with Crippen LogP contribution in [0.25, 0.3) is 0 Å². The SMILES string of the molecule is CN1CCC(CN(C)c2ccc(C(=O)O)c(Br)c2F)C1. The second-order valence-corrected chi connectivity index (χ2v) is 6.16. The average molecular weight is 345 g/mol. The lowest BCUT2D eigenvalue weighted by molar-refractivity contribution is 0.0695. The van der Waals surface area contributed by atoms with Crippen LogP contribution >= 0.6 is 15.9 Å². The van der Waals surface area contributed by atoms with Gasteiger partial charge < -0.3 is 14.9 Å². The van der Waals surface area contributed by atoms with Crippen LogP contribution in [0.3, 0.4) is 0 Å². The van der Waals surface area contributed by atoms with Crippen molar-refractivity contribution in [2.75, 3.05) is 38.6 Å². The van der Waals surface area contributed by atoms with Gasteiger partial charge in [-0.05, 0) is 54.0 Å². The summed E-state index contributed by atoms with van der Waals surface area (Å²) in [6, 6.07) is 2.96. The van der Waals surface area contributed by atoms with Crippen LogP contribution in [0.15, 0.2) is 16.6 Å². The highest BCUT2D eigenvalue weighted by atomic mass is 79.9. The van der Waals surface area contributed by atoms with Crippen molar-refractivity contribution >= 4 is 27.6 Å². The van der Waals surface area contributed by atoms with Gasteiger partial charge >= 0.3 is 5.97 Å². The zero-order chi connectivity index (χ0) is 14.9. The number of anilines is 1. The number of nitrogens with zero attached hydrogens (tertiary/aromatic N) is 2. The second-order valence-electron chi connectivity index (χ2n) is 5.36. The van der Waals surface area contributed by atoms with Gasteiger partial charge in [0.25, 0.3) is 0 Å². The van der Waals surface area contributed by atoms with Crippen molar-refractivity contribution in [2.45, 2.75) is 6.42 Å². The highest BCUT2D eigenvalue weighted by Gasteiger charge is 2.23. The van der Waals surface area contributed by atoms with Gasteiger partial charge in [0.15, 0.2) is 5.82 Å². The average Bonchev–Trinajstić information content (AvgIpc) is 2.77. The first-order valence-corrected chi connectivity index (χ1v) is 7.30. The van der Waals surface area contributed by atoms with Crippen LogP contribution < -0.4 is 4.90 Å². The molecule has 1 aromatic carbocycles. The predicted molar refractivity (Wildman–Crippen MR) is 79.9 cm³/mol. The number of halogens is 2. The molecule has 1 unspecified atom stereocenters. The van der Waals surface area contributed by atoms with Gasteiger partial charge in [0, 0.05) is 20.1 Å². The molecule has 4 nitrogen and oxygen atoms in total. The molecule has 1 aliphatic heterocycles. The summed E-state index contributed by atoms with van der Waals surface area (Å²) in [5.41, 5.74) is 0.372. The van der Waals surface area contributed by atoms with Crippen molar-refractivity contribution in [1.29, 1.82) is 0 Å². The van der Waals surface area contributed by atoms with Crippen LogP contribution in [0.2, 0.25) is 0 Å². The van der Waals surface area contributed by atoms with E-state index in [1.165, 1.54) is 12.1 Å². The molecular weight excluding hydrogens is 327 g/mol. The van der Waals surface area contributed by atoms with Crippen LogP contribution in [-0.4, -0.2) is 49.7 Å². The molecule has 2 rings (SSSR count). The van der Waals surface area contributed by atoms with Gasteiger partial charge in [-0.15, -0.1) is 0 Å². The summed E-state index contributed by atoms with van der Waals surface area (Å²) >= 11 is 3.03. The quantitative estimate of drug-likeness (QED) is 0.911. The Bertz CT molecular complexity index is 524. The molecule has 0 saturated carbocycles. The molecule has 0 radical (unpaired) electrons. The van der Waals surface area contributed by atoms with Gasteiger partial charge in [-0.3, -0.25) is 0 Å². The summed E-state index contributed by atoms with van der Waals surface area (Å²) < 4.78 is 14.3. The highest BCUT2D eigenvalue weighted by Crippen LogP contribution is 2.30. The van der Waals surface area contributed by atoms with E-state index in [0.29, 0.717) is 11.6 Å². The van der Waals surface area contributed by atoms with E-state index >= 15 is 0 Å². The maximum Gasteiger partial charge on any atom is 0.336 e. The van der Waals surface area contributed by atoms with Gasteiger partial charge in [-0.2, -0.15) is 0 Å². The van der Waals surface area contributed by atoms with Gasteiger partial charge in [0.2, 0.25) is 0 Å². The maximum atomic E-state index is 14.3. The Morgan fingerprint density at radius 1 is 1.60 bits per heavy atom. The number of carboxylic acids is 1. The van der Waals surface area contributed by atoms with E-state index in [-0.39, 0.29) is 10.0 Å². The minimum atomic E-state index is -1.14. The van der Waals surface area contributed by atoms with Crippen molar-refractivity contribution < 1.29 is 14.3 Å². The molecule has 1 saturated heterocycles. The zero-order valence-electron chi connectivity index (χ0n) is 11.6. The van der Waals surface area contributed by atoms with Crippen LogP contribution in [-0.2, 0) is 0 Å². The van der Waals surface area contributed by atoms with E-state index in [4.69, 9.17) is 5.11 Å². The van der Waals surface area contributed by atoms with Crippen molar-refractivity contribution in [3.8, 4) is 0 Å². The molecule has 0 aliphatic carbocycles. The summed E-state index contributed by atoms with van der Waals surface area (Å²) in [7, 11) is 3.92. The predicted octanol–water partition coefficient (Wildman–Crippen LogP) is 2.67. The lowest BCUT2D eigenvalue weighted by Gasteiger charge is -2.24. The molecular formula is C14H18BrFN2O2. The lowest BCUT2D eigenvalue weighted by Crippen LogP contribution is -2.28. The van der Waals surface area contributed by atoms with Crippen LogP contribution in [0.4, 0.5) is 10.1 Å². The first-order valence-electron chi connectivity index (χ1n) is 6.51. The molecule has 1 N–H and O–H groups in total. The number of likely N-dealkylation sites (tertiary alicyclic amines) is 1. The molecule has 0 amide bonds. The van der Waals surface area contributed by atoms with Crippen LogP contribution in [0, 0.1) is 11.7 Å². The van der Waals surface area contributed by atoms with E-state index in [1.807, 2.05) is 11.9 Å². The number of hydrogen-bond donors (Lipinski definition) is 1. The van der Waals surface area contributed by atoms with Crippen molar-refractivity contribution in [3.63, 3.8) is 0 Å². The van der Waals surface area contributed by atoms with Gasteiger partial charge in [0.1, 0.15) is 0 Å². The first-order chi connectivity index (χ1) is 9.40. The number of carbonyl (C=O) groups is 1. The van der Waals surface area contributed by atoms with Crippen LogP contribution in [0.1, 0.15) is 16.8 Å². The molecule has 1 heterocycles. The first kappa shape index (κ1) is 15.3. The Hall–Kier alpha value is -1.14. The minimum absolute atomic E-state index is 0.0119. The molecule has 1 fully saturated rings. The molecule has 110 valence electrons. The van der Waals surface area contributed by atoms with Gasteiger partial charge in [-0.25, -0.2) is 9.18 Å². The standard InChI is InChI=1S/C14H18BrFN2O2/c1-17-6-5-9(7-17)8-18(2)11-4-3-10(14(19)20)12(15)13(11)16/h3-4,9H,5-8H2,1-2H3,(H,19,20). The van der Waals surface area contributed by atoms with Gasteiger partial charge in [0.05, 0.1) is 15.7 Å². The summed E-state index contributed by atoms with van der Waals surface area (Å²) in [4.78, 5) is 15.1. The van der Waals surface area contributed by atoms with Crippen LogP contribution in [0.5, 0.6) is 0 Å². The smallest absolute Gasteiger partial charge is 0.336 e. The largest absolute Gasteiger partial charge is 0.478 e. The van der Waals surface area contributed by atoms with Crippen molar-refractivity contribution in [3.05, 3.63) is 28.0 Å². The summed E-state index contributed by atoms with van der Waals surface area (Å²) in [5.74, 6) is -1.14. The molecule has 1 atom stereocenters. The van der Waals surface area contributed by atoms with Gasteiger partial charge in [-0.1, -0.05) is 0 Å². The van der Waals surface area contributed by atoms with E-state index in [1.54, 1.807) is 0 Å². The fourth-order valence-corrected chi connectivity index (χ4v) is 3.17. The van der Waals surface area contributed by atoms with Crippen molar-refractivity contribution in [1.82, 2.24) is 4.90 Å². The summed E-state index contributed by atoms with van der Waals surface area (Å²) in [5, 5.41) is 8.96. The van der Waals surface area contributed by atoms with Crippen molar-refractivity contribution in [2.24, 2.45) is 5.92 Å². The van der Waals surface area contributed by atoms with E-state index in [0.717, 1.165) is 26.1 Å². The fourth-order valence-electron chi connectivity index (χ4n) is 2.66. The third kappa shape index (κ3) is 3.12. The number of benzene rings is 1. The maximum absolute atomic E-state index is 14.3. The molecule has 1 aliphatic rings. The van der Waals surface area contributed by atoms with E-state index < -0.39 is 11.8 Å². The fraction of sp³-hybridized carbons (Fsp3) is 0.500. The Labute approximate surface area is 126 Å². The molecule has 20 heavy (non-hydrogen) atoms. The minimum Gasteiger partial charge on any atom is -0.478 e. The molecule has 0 spiro atoms. The summed E-state index contributed by atoms with van der Waals surface area (Å²) in [6.07, 6.45) is 1.11. The lowest BCUT2D eigenvalue weighted by atomic mass is 10.1. The molecule has 0 aromatic heterocycles. The third-order valence-electron chi connectivity index (χ3n) is 3.72. The Kier molecular flexibility index (Phi) is 4.65. The highest BCUT2D eigenvalue weighted by molar-refractivity contribution is 9.10. The number of aromatic carboxylic acids is 1. The molecule has 1 aromatic rings. The normalized spacial score (nSPS) is 19.3. The molecule has 0 bridgehead atoms. The third-order valence-corrected chi connectivity index (χ3v) is 4.50. The Balaban J connectivity index is 2.16. The topological polar surface area (TPSA) is 43.8 Å². The number of rotatable bonds is 4. The monoisotopic (exact) mass is 344 g/mol.